The van der Waals surface area contributed by atoms with Gasteiger partial charge in [0.2, 0.25) is 23.5 Å². The Morgan fingerprint density at radius 3 is 2.22 bits per heavy atom. The van der Waals surface area contributed by atoms with Crippen molar-refractivity contribution in [1.82, 2.24) is 30.9 Å². The van der Waals surface area contributed by atoms with Crippen LogP contribution in [-0.4, -0.2) is 68.8 Å². The molecule has 1 aliphatic carbocycles. The summed E-state index contributed by atoms with van der Waals surface area (Å²) in [5, 5.41) is 17.0. The van der Waals surface area contributed by atoms with Crippen LogP contribution in [0.1, 0.15) is 57.7 Å². The number of aryl methyl sites for hydroxylation is 1. The van der Waals surface area contributed by atoms with E-state index in [0.29, 0.717) is 42.3 Å². The molecule has 2 aromatic heterocycles. The van der Waals surface area contributed by atoms with Crippen molar-refractivity contribution in [1.29, 1.82) is 0 Å². The zero-order valence-electron chi connectivity index (χ0n) is 28.6. The number of alkyl carbamates (subject to hydrolysis) is 1. The van der Waals surface area contributed by atoms with Crippen molar-refractivity contribution in [2.75, 3.05) is 18.6 Å². The van der Waals surface area contributed by atoms with Crippen molar-refractivity contribution in [3.63, 3.8) is 0 Å². The Morgan fingerprint density at radius 1 is 0.980 bits per heavy atom. The molecule has 0 aliphatic heterocycles. The molecule has 1 saturated carbocycles. The van der Waals surface area contributed by atoms with Gasteiger partial charge in [-0.2, -0.15) is 5.21 Å². The Balaban J connectivity index is 1.35. The predicted octanol–water partition coefficient (Wildman–Crippen LogP) is 5.01. The van der Waals surface area contributed by atoms with Crippen LogP contribution in [0.3, 0.4) is 0 Å². The summed E-state index contributed by atoms with van der Waals surface area (Å²) >= 11 is 0. The highest BCUT2D eigenvalue weighted by Crippen LogP contribution is 2.33. The van der Waals surface area contributed by atoms with Gasteiger partial charge in [-0.3, -0.25) is 14.5 Å². The maximum atomic E-state index is 14.4. The fraction of sp³-hybridized carbons (Fsp3) is 0.417. The number of carbonyl (C=O) groups excluding carboxylic acids is 3. The first-order valence-corrected chi connectivity index (χ1v) is 16.5. The first kappa shape index (κ1) is 35.0. The van der Waals surface area contributed by atoms with Crippen LogP contribution < -0.4 is 20.7 Å². The minimum absolute atomic E-state index is 0.161. The number of aromatic amines is 1. The number of carbonyl (C=O) groups is 3. The molecule has 0 bridgehead atoms. The van der Waals surface area contributed by atoms with Gasteiger partial charge in [-0.15, -0.1) is 10.2 Å². The molecule has 49 heavy (non-hydrogen) atoms. The summed E-state index contributed by atoms with van der Waals surface area (Å²) in [6.07, 6.45) is 2.51. The number of anilines is 1. The number of benzene rings is 2. The molecule has 258 valence electrons. The van der Waals surface area contributed by atoms with Crippen molar-refractivity contribution < 1.29 is 23.9 Å². The minimum atomic E-state index is -0.940. The highest BCUT2D eigenvalue weighted by atomic mass is 16.6. The minimum Gasteiger partial charge on any atom is -0.481 e. The number of tetrazole rings is 1. The van der Waals surface area contributed by atoms with Gasteiger partial charge in [0, 0.05) is 47.5 Å². The van der Waals surface area contributed by atoms with Crippen molar-refractivity contribution >= 4 is 23.6 Å². The fourth-order valence-corrected chi connectivity index (χ4v) is 6.19. The zero-order valence-corrected chi connectivity index (χ0v) is 28.6. The Kier molecular flexibility index (Phi) is 10.9. The lowest BCUT2D eigenvalue weighted by Crippen LogP contribution is -2.52. The number of hydrogen-bond acceptors (Lipinski definition) is 9. The van der Waals surface area contributed by atoms with Gasteiger partial charge in [-0.1, -0.05) is 24.3 Å². The van der Waals surface area contributed by atoms with Crippen molar-refractivity contribution in [2.45, 2.75) is 71.4 Å². The molecule has 1 aliphatic rings. The lowest BCUT2D eigenvalue weighted by molar-refractivity contribution is -0.127. The van der Waals surface area contributed by atoms with E-state index in [1.165, 1.54) is 0 Å². The topological polar surface area (TPSA) is 178 Å². The van der Waals surface area contributed by atoms with E-state index >= 15 is 0 Å². The summed E-state index contributed by atoms with van der Waals surface area (Å²) in [4.78, 5) is 45.8. The van der Waals surface area contributed by atoms with Crippen LogP contribution in [0.2, 0.25) is 0 Å². The SMILES string of the molecule is COc1ccc(-c2ccc(C[C@@H](C(N)=O)N(C(=O)C3CCC(CNC(=O)OC(C)(C)C)CC3)c3ccc(-c4nn[nH]n4)cc3)cc2)c(C)n1. The summed E-state index contributed by atoms with van der Waals surface area (Å²) in [6, 6.07) is 17.8. The fourth-order valence-electron chi connectivity index (χ4n) is 6.19. The second-order valence-corrected chi connectivity index (χ2v) is 13.4. The molecule has 0 saturated heterocycles. The molecule has 2 aromatic carbocycles. The number of H-pyrrole nitrogens is 1. The molecule has 1 atom stereocenters. The van der Waals surface area contributed by atoms with Crippen LogP contribution in [0.15, 0.2) is 60.7 Å². The van der Waals surface area contributed by atoms with Crippen LogP contribution in [0.25, 0.3) is 22.5 Å². The second-order valence-electron chi connectivity index (χ2n) is 13.4. The van der Waals surface area contributed by atoms with Gasteiger partial charge in [0.1, 0.15) is 11.6 Å². The van der Waals surface area contributed by atoms with Crippen LogP contribution in [0.4, 0.5) is 10.5 Å². The van der Waals surface area contributed by atoms with E-state index in [-0.39, 0.29) is 24.2 Å². The molecular formula is C36H44N8O5. The highest BCUT2D eigenvalue weighted by Gasteiger charge is 2.36. The molecule has 0 radical (unpaired) electrons. The number of aromatic nitrogens is 5. The van der Waals surface area contributed by atoms with Crippen molar-refractivity contribution in [3.05, 3.63) is 71.9 Å². The number of hydrogen-bond donors (Lipinski definition) is 3. The number of ether oxygens (including phenoxy) is 2. The Morgan fingerprint density at radius 2 is 1.65 bits per heavy atom. The molecule has 4 aromatic rings. The number of amides is 3. The maximum absolute atomic E-state index is 14.4. The monoisotopic (exact) mass is 668 g/mol. The van der Waals surface area contributed by atoms with Gasteiger partial charge >= 0.3 is 6.09 Å². The standard InChI is InChI=1S/C36H44N8O5/c1-22-29(18-19-31(39-22)48-5)25-10-6-23(7-11-25)20-30(32(37)45)44(28-16-14-26(15-17-28)33-40-42-43-41-33)34(46)27-12-8-24(9-13-27)21-38-35(47)49-36(2,3)4/h6-7,10-11,14-19,24,27,30H,8-9,12-13,20-21H2,1-5H3,(H2,37,45)(H,38,47)(H,40,41,42,43)/t24?,27?,30-/m0/s1. The van der Waals surface area contributed by atoms with Crippen LogP contribution in [-0.2, 0) is 20.7 Å². The van der Waals surface area contributed by atoms with Crippen LogP contribution in [0.5, 0.6) is 5.88 Å². The number of nitrogens with zero attached hydrogens (tertiary/aromatic N) is 5. The molecule has 13 nitrogen and oxygen atoms in total. The first-order chi connectivity index (χ1) is 23.4. The number of primary amides is 1. The molecule has 2 heterocycles. The predicted molar refractivity (Wildman–Crippen MR) is 184 cm³/mol. The maximum Gasteiger partial charge on any atom is 0.407 e. The molecule has 13 heteroatoms. The van der Waals surface area contributed by atoms with E-state index in [1.807, 2.05) is 64.1 Å². The normalized spacial score (nSPS) is 16.8. The number of nitrogens with one attached hydrogen (secondary N) is 2. The van der Waals surface area contributed by atoms with Crippen molar-refractivity contribution in [3.8, 4) is 28.4 Å². The molecule has 0 spiro atoms. The van der Waals surface area contributed by atoms with Gasteiger partial charge in [0.05, 0.1) is 7.11 Å². The summed E-state index contributed by atoms with van der Waals surface area (Å²) in [5.41, 5.74) is 10.4. The Hall–Kier alpha value is -5.33. The molecular weight excluding hydrogens is 624 g/mol. The van der Waals surface area contributed by atoms with E-state index in [9.17, 15) is 14.4 Å². The van der Waals surface area contributed by atoms with Crippen LogP contribution in [0, 0.1) is 18.8 Å². The third kappa shape index (κ3) is 8.98. The summed E-state index contributed by atoms with van der Waals surface area (Å²) < 4.78 is 10.6. The molecule has 3 amide bonds. The average molecular weight is 669 g/mol. The van der Waals surface area contributed by atoms with Gasteiger partial charge < -0.3 is 20.5 Å². The highest BCUT2D eigenvalue weighted by molar-refractivity contribution is 6.01. The molecule has 4 N–H and O–H groups in total. The molecule has 0 unspecified atom stereocenters. The average Bonchev–Trinajstić information content (AvgIpc) is 3.62. The van der Waals surface area contributed by atoms with Gasteiger partial charge in [-0.05, 0) is 106 Å². The summed E-state index contributed by atoms with van der Waals surface area (Å²) in [7, 11) is 1.58. The largest absolute Gasteiger partial charge is 0.481 e. The van der Waals surface area contributed by atoms with Crippen molar-refractivity contribution in [2.24, 2.45) is 17.6 Å². The number of pyridine rings is 1. The van der Waals surface area contributed by atoms with Gasteiger partial charge in [0.15, 0.2) is 0 Å². The lowest BCUT2D eigenvalue weighted by atomic mass is 9.81. The zero-order chi connectivity index (χ0) is 35.1. The number of rotatable bonds is 11. The lowest BCUT2D eigenvalue weighted by Gasteiger charge is -2.36. The van der Waals surface area contributed by atoms with Gasteiger partial charge in [0.25, 0.3) is 0 Å². The van der Waals surface area contributed by atoms with Crippen LogP contribution >= 0.6 is 0 Å². The number of nitrogens with two attached hydrogens (primary N) is 1. The summed E-state index contributed by atoms with van der Waals surface area (Å²) in [6.45, 7) is 7.87. The molecule has 1 fully saturated rings. The van der Waals surface area contributed by atoms with E-state index < -0.39 is 23.6 Å². The second kappa shape index (κ2) is 15.3. The van der Waals surface area contributed by atoms with Gasteiger partial charge in [-0.25, -0.2) is 9.78 Å². The number of methoxy groups -OCH3 is 1. The van der Waals surface area contributed by atoms with E-state index in [2.05, 4.69) is 30.9 Å². The van der Waals surface area contributed by atoms with E-state index in [0.717, 1.165) is 35.2 Å². The van der Waals surface area contributed by atoms with E-state index in [1.54, 1.807) is 36.3 Å². The quantitative estimate of drug-likeness (QED) is 0.198. The van der Waals surface area contributed by atoms with E-state index in [4.69, 9.17) is 15.2 Å². The smallest absolute Gasteiger partial charge is 0.407 e. The third-order valence-electron chi connectivity index (χ3n) is 8.72. The molecule has 5 rings (SSSR count). The third-order valence-corrected chi connectivity index (χ3v) is 8.72. The summed E-state index contributed by atoms with van der Waals surface area (Å²) in [5.74, 6) is 0.0924. The first-order valence-electron chi connectivity index (χ1n) is 16.5. The Labute approximate surface area is 286 Å². The Bertz CT molecular complexity index is 1730.